The second kappa shape index (κ2) is 7.91. The van der Waals surface area contributed by atoms with Crippen LogP contribution in [0.5, 0.6) is 0 Å². The molecule has 0 saturated carbocycles. The fourth-order valence-corrected chi connectivity index (χ4v) is 3.66. The minimum atomic E-state index is -0.283. The van der Waals surface area contributed by atoms with Gasteiger partial charge in [-0.1, -0.05) is 34.5 Å². The summed E-state index contributed by atoms with van der Waals surface area (Å²) in [6.45, 7) is 4.01. The number of rotatable bonds is 4. The number of benzene rings is 2. The van der Waals surface area contributed by atoms with E-state index in [2.05, 4.69) is 20.9 Å². The van der Waals surface area contributed by atoms with Crippen molar-refractivity contribution >= 4 is 34.8 Å². The fraction of sp³-hybridized carbons (Fsp3) is 0.250. The molecule has 0 saturated heterocycles. The number of hydrogen-bond donors (Lipinski definition) is 2. The van der Waals surface area contributed by atoms with E-state index in [4.69, 9.17) is 23.2 Å². The lowest BCUT2D eigenvalue weighted by Gasteiger charge is -2.18. The molecule has 8 heteroatoms. The Kier molecular flexibility index (Phi) is 5.35. The Morgan fingerprint density at radius 3 is 2.93 bits per heavy atom. The molecule has 0 radical (unpaired) electrons. The molecule has 1 aliphatic rings. The van der Waals surface area contributed by atoms with Crippen LogP contribution in [0.2, 0.25) is 10.0 Å². The molecule has 144 valence electrons. The molecule has 2 N–H and O–H groups in total. The Morgan fingerprint density at radius 1 is 1.21 bits per heavy atom. The topological polar surface area (TPSA) is 71.8 Å². The zero-order valence-corrected chi connectivity index (χ0v) is 16.8. The number of carbonyl (C=O) groups excluding carboxylic acids is 1. The van der Waals surface area contributed by atoms with Gasteiger partial charge >= 0.3 is 0 Å². The van der Waals surface area contributed by atoms with E-state index >= 15 is 0 Å². The first-order valence-corrected chi connectivity index (χ1v) is 9.75. The van der Waals surface area contributed by atoms with Crippen LogP contribution >= 0.6 is 23.2 Å². The number of anilines is 1. The standard InChI is InChI=1S/C20H19Cl2N5O/c1-12-19(25-26-27(12)11-15-8-16(21)3-5-18(15)22)20(28)24-17-4-2-14-10-23-7-6-13(14)9-17/h2-5,8-9,23H,6-7,10-11H2,1H3,(H,24,28). The van der Waals surface area contributed by atoms with Gasteiger partial charge in [-0.05, 0) is 66.9 Å². The molecule has 0 unspecified atom stereocenters. The second-order valence-electron chi connectivity index (χ2n) is 6.78. The number of halogens is 2. The number of aromatic nitrogens is 3. The molecule has 2 aromatic carbocycles. The highest BCUT2D eigenvalue weighted by atomic mass is 35.5. The molecule has 3 aromatic rings. The van der Waals surface area contributed by atoms with Gasteiger partial charge in [-0.2, -0.15) is 0 Å². The third kappa shape index (κ3) is 3.90. The van der Waals surface area contributed by atoms with Crippen LogP contribution in [0.1, 0.15) is 32.9 Å². The molecule has 1 aromatic heterocycles. The van der Waals surface area contributed by atoms with Gasteiger partial charge in [0.1, 0.15) is 0 Å². The first-order valence-electron chi connectivity index (χ1n) is 8.99. The van der Waals surface area contributed by atoms with Crippen LogP contribution in [0.4, 0.5) is 5.69 Å². The summed E-state index contributed by atoms with van der Waals surface area (Å²) in [4.78, 5) is 12.7. The molecule has 0 bridgehead atoms. The van der Waals surface area contributed by atoms with Crippen molar-refractivity contribution in [2.75, 3.05) is 11.9 Å². The Labute approximate surface area is 172 Å². The summed E-state index contributed by atoms with van der Waals surface area (Å²) in [5, 5.41) is 15.6. The van der Waals surface area contributed by atoms with Gasteiger partial charge in [-0.25, -0.2) is 4.68 Å². The average molecular weight is 416 g/mol. The van der Waals surface area contributed by atoms with Crippen LogP contribution in [0.15, 0.2) is 36.4 Å². The van der Waals surface area contributed by atoms with Crippen LogP contribution in [-0.2, 0) is 19.5 Å². The Hall–Kier alpha value is -2.41. The third-order valence-electron chi connectivity index (χ3n) is 4.88. The van der Waals surface area contributed by atoms with E-state index in [0.717, 1.165) is 30.8 Å². The van der Waals surface area contributed by atoms with Gasteiger partial charge in [0.2, 0.25) is 0 Å². The van der Waals surface area contributed by atoms with Gasteiger partial charge < -0.3 is 10.6 Å². The van der Waals surface area contributed by atoms with Crippen molar-refractivity contribution < 1.29 is 4.79 Å². The van der Waals surface area contributed by atoms with Crippen LogP contribution in [0.25, 0.3) is 0 Å². The predicted molar refractivity (Wildman–Crippen MR) is 110 cm³/mol. The Balaban J connectivity index is 1.52. The summed E-state index contributed by atoms with van der Waals surface area (Å²) < 4.78 is 1.64. The van der Waals surface area contributed by atoms with E-state index in [1.807, 2.05) is 25.1 Å². The molecule has 0 fully saturated rings. The highest BCUT2D eigenvalue weighted by Crippen LogP contribution is 2.23. The van der Waals surface area contributed by atoms with Crippen LogP contribution in [0, 0.1) is 6.92 Å². The maximum atomic E-state index is 12.7. The lowest BCUT2D eigenvalue weighted by molar-refractivity contribution is 0.102. The van der Waals surface area contributed by atoms with Crippen LogP contribution in [-0.4, -0.2) is 27.4 Å². The lowest BCUT2D eigenvalue weighted by Crippen LogP contribution is -2.23. The number of hydrogen-bond acceptors (Lipinski definition) is 4. The molecule has 4 rings (SSSR count). The van der Waals surface area contributed by atoms with Crippen LogP contribution in [0.3, 0.4) is 0 Å². The number of nitrogens with zero attached hydrogens (tertiary/aromatic N) is 3. The molecule has 1 aliphatic heterocycles. The second-order valence-corrected chi connectivity index (χ2v) is 7.62. The summed E-state index contributed by atoms with van der Waals surface area (Å²) in [6.07, 6.45) is 0.953. The summed E-state index contributed by atoms with van der Waals surface area (Å²) in [5.41, 5.74) is 5.06. The van der Waals surface area contributed by atoms with Crippen molar-refractivity contribution in [3.8, 4) is 0 Å². The van der Waals surface area contributed by atoms with E-state index < -0.39 is 0 Å². The molecule has 0 aliphatic carbocycles. The summed E-state index contributed by atoms with van der Waals surface area (Å²) in [6, 6.07) is 11.2. The van der Waals surface area contributed by atoms with Crippen molar-refractivity contribution in [2.45, 2.75) is 26.4 Å². The first kappa shape index (κ1) is 18.9. The van der Waals surface area contributed by atoms with Gasteiger partial charge in [0, 0.05) is 22.3 Å². The van der Waals surface area contributed by atoms with Crippen molar-refractivity contribution in [3.63, 3.8) is 0 Å². The zero-order chi connectivity index (χ0) is 19.7. The monoisotopic (exact) mass is 415 g/mol. The van der Waals surface area contributed by atoms with Gasteiger partial charge in [0.05, 0.1) is 12.2 Å². The largest absolute Gasteiger partial charge is 0.321 e. The maximum absolute atomic E-state index is 12.7. The fourth-order valence-electron chi connectivity index (χ4n) is 3.29. The summed E-state index contributed by atoms with van der Waals surface area (Å²) >= 11 is 12.3. The Morgan fingerprint density at radius 2 is 2.07 bits per heavy atom. The summed E-state index contributed by atoms with van der Waals surface area (Å²) in [5.74, 6) is -0.283. The van der Waals surface area contributed by atoms with Crippen molar-refractivity contribution in [1.82, 2.24) is 20.3 Å². The maximum Gasteiger partial charge on any atom is 0.278 e. The molecule has 0 spiro atoms. The first-order chi connectivity index (χ1) is 13.5. The van der Waals surface area contributed by atoms with Gasteiger partial charge in [-0.15, -0.1) is 5.10 Å². The number of nitrogens with one attached hydrogen (secondary N) is 2. The van der Waals surface area contributed by atoms with Gasteiger partial charge in [-0.3, -0.25) is 4.79 Å². The van der Waals surface area contributed by atoms with E-state index in [0.29, 0.717) is 22.3 Å². The zero-order valence-electron chi connectivity index (χ0n) is 15.3. The van der Waals surface area contributed by atoms with Crippen molar-refractivity contribution in [1.29, 1.82) is 0 Å². The Bertz CT molecular complexity index is 1050. The molecule has 28 heavy (non-hydrogen) atoms. The quantitative estimate of drug-likeness (QED) is 0.678. The number of fused-ring (bicyclic) bond motifs is 1. The summed E-state index contributed by atoms with van der Waals surface area (Å²) in [7, 11) is 0. The van der Waals surface area contributed by atoms with E-state index in [-0.39, 0.29) is 11.6 Å². The minimum Gasteiger partial charge on any atom is -0.321 e. The SMILES string of the molecule is Cc1c(C(=O)Nc2ccc3c(c2)CCNC3)nnn1Cc1cc(Cl)ccc1Cl. The van der Waals surface area contributed by atoms with Crippen molar-refractivity contribution in [3.05, 3.63) is 74.5 Å². The molecule has 6 nitrogen and oxygen atoms in total. The molecule has 2 heterocycles. The van der Waals surface area contributed by atoms with E-state index in [1.165, 1.54) is 11.1 Å². The van der Waals surface area contributed by atoms with Crippen LogP contribution < -0.4 is 10.6 Å². The van der Waals surface area contributed by atoms with Gasteiger partial charge in [0.25, 0.3) is 5.91 Å². The number of amides is 1. The van der Waals surface area contributed by atoms with E-state index in [1.54, 1.807) is 22.9 Å². The molecule has 0 atom stereocenters. The van der Waals surface area contributed by atoms with E-state index in [9.17, 15) is 4.79 Å². The van der Waals surface area contributed by atoms with Gasteiger partial charge in [0.15, 0.2) is 5.69 Å². The predicted octanol–water partition coefficient (Wildman–Crippen LogP) is 3.84. The normalized spacial score (nSPS) is 13.2. The highest BCUT2D eigenvalue weighted by molar-refractivity contribution is 6.33. The third-order valence-corrected chi connectivity index (χ3v) is 5.48. The molecular formula is C20H19Cl2N5O. The number of carbonyl (C=O) groups is 1. The minimum absolute atomic E-state index is 0.283. The molecular weight excluding hydrogens is 397 g/mol. The average Bonchev–Trinajstić information content (AvgIpc) is 3.05. The lowest BCUT2D eigenvalue weighted by atomic mass is 10.0. The van der Waals surface area contributed by atoms with Crippen molar-refractivity contribution in [2.24, 2.45) is 0 Å². The highest BCUT2D eigenvalue weighted by Gasteiger charge is 2.18. The smallest absolute Gasteiger partial charge is 0.278 e. The molecule has 1 amide bonds.